The number of H-pyrrole nitrogens is 1. The Morgan fingerprint density at radius 1 is 1.25 bits per heavy atom. The highest BCUT2D eigenvalue weighted by molar-refractivity contribution is 5.81. The maximum Gasteiger partial charge on any atom is 0.326 e. The second-order valence-corrected chi connectivity index (χ2v) is 4.50. The third-order valence-corrected chi connectivity index (χ3v) is 3.22. The second-order valence-electron chi connectivity index (χ2n) is 4.50. The zero-order valence-electron chi connectivity index (χ0n) is 10.9. The van der Waals surface area contributed by atoms with E-state index in [0.717, 1.165) is 11.1 Å². The Morgan fingerprint density at radius 2 is 2.05 bits per heavy atom. The molecule has 3 rings (SSSR count). The van der Waals surface area contributed by atoms with Gasteiger partial charge in [-0.05, 0) is 29.8 Å². The van der Waals surface area contributed by atoms with E-state index in [-0.39, 0.29) is 11.5 Å². The number of aromatic nitrogens is 2. The summed E-state index contributed by atoms with van der Waals surface area (Å²) in [6.07, 6.45) is 0. The van der Waals surface area contributed by atoms with Crippen molar-refractivity contribution in [2.45, 2.75) is 6.54 Å². The standard InChI is InChI=1S/C15H13FN2O2/c1-20-13-7-3-6-12-14(13)17-15(19)18(12)9-10-4-2-5-11(16)8-10/h2-8H,9H2,1H3,(H,17,19). The number of para-hydroxylation sites is 1. The van der Waals surface area contributed by atoms with Crippen LogP contribution in [0.3, 0.4) is 0 Å². The van der Waals surface area contributed by atoms with E-state index in [1.54, 1.807) is 29.9 Å². The monoisotopic (exact) mass is 272 g/mol. The largest absolute Gasteiger partial charge is 0.494 e. The summed E-state index contributed by atoms with van der Waals surface area (Å²) in [6, 6.07) is 11.6. The van der Waals surface area contributed by atoms with E-state index < -0.39 is 0 Å². The first-order valence-electron chi connectivity index (χ1n) is 6.19. The SMILES string of the molecule is COc1cccc2c1[nH]c(=O)n2Cc1cccc(F)c1. The summed E-state index contributed by atoms with van der Waals surface area (Å²) in [4.78, 5) is 14.8. The molecular weight excluding hydrogens is 259 g/mol. The van der Waals surface area contributed by atoms with Gasteiger partial charge in [0.25, 0.3) is 0 Å². The number of rotatable bonds is 3. The molecule has 0 unspecified atom stereocenters. The first kappa shape index (κ1) is 12.5. The van der Waals surface area contributed by atoms with E-state index in [2.05, 4.69) is 4.98 Å². The number of hydrogen-bond donors (Lipinski definition) is 1. The Hall–Kier alpha value is -2.56. The molecule has 0 fully saturated rings. The summed E-state index contributed by atoms with van der Waals surface area (Å²) >= 11 is 0. The van der Waals surface area contributed by atoms with Crippen LogP contribution in [0.5, 0.6) is 5.75 Å². The molecule has 0 amide bonds. The zero-order valence-corrected chi connectivity index (χ0v) is 10.9. The van der Waals surface area contributed by atoms with Crippen LogP contribution in [-0.4, -0.2) is 16.7 Å². The molecule has 0 spiro atoms. The van der Waals surface area contributed by atoms with Crippen LogP contribution in [0.25, 0.3) is 11.0 Å². The number of nitrogens with one attached hydrogen (secondary N) is 1. The fourth-order valence-corrected chi connectivity index (χ4v) is 2.30. The van der Waals surface area contributed by atoms with Crippen LogP contribution >= 0.6 is 0 Å². The minimum absolute atomic E-state index is 0.242. The molecule has 0 atom stereocenters. The van der Waals surface area contributed by atoms with Crippen LogP contribution in [0, 0.1) is 5.82 Å². The van der Waals surface area contributed by atoms with Gasteiger partial charge in [0, 0.05) is 0 Å². The van der Waals surface area contributed by atoms with Crippen LogP contribution in [0.15, 0.2) is 47.3 Å². The van der Waals surface area contributed by atoms with Crippen LogP contribution in [-0.2, 0) is 6.54 Å². The highest BCUT2D eigenvalue weighted by atomic mass is 19.1. The van der Waals surface area contributed by atoms with Crippen molar-refractivity contribution < 1.29 is 9.13 Å². The maximum absolute atomic E-state index is 13.2. The summed E-state index contributed by atoms with van der Waals surface area (Å²) in [5, 5.41) is 0. The van der Waals surface area contributed by atoms with Crippen molar-refractivity contribution in [3.63, 3.8) is 0 Å². The molecule has 102 valence electrons. The van der Waals surface area contributed by atoms with Gasteiger partial charge in [-0.15, -0.1) is 0 Å². The fraction of sp³-hybridized carbons (Fsp3) is 0.133. The third-order valence-electron chi connectivity index (χ3n) is 3.22. The summed E-state index contributed by atoms with van der Waals surface area (Å²) < 4.78 is 20.0. The van der Waals surface area contributed by atoms with Gasteiger partial charge in [-0.1, -0.05) is 18.2 Å². The molecule has 0 aliphatic heterocycles. The lowest BCUT2D eigenvalue weighted by atomic mass is 10.2. The van der Waals surface area contributed by atoms with Gasteiger partial charge < -0.3 is 9.72 Å². The van der Waals surface area contributed by atoms with E-state index >= 15 is 0 Å². The number of halogens is 1. The van der Waals surface area contributed by atoms with Gasteiger partial charge in [0.2, 0.25) is 0 Å². The predicted octanol–water partition coefficient (Wildman–Crippen LogP) is 2.53. The normalized spacial score (nSPS) is 10.9. The lowest BCUT2D eigenvalue weighted by Crippen LogP contribution is -2.17. The minimum atomic E-state index is -0.312. The van der Waals surface area contributed by atoms with Gasteiger partial charge >= 0.3 is 5.69 Å². The van der Waals surface area contributed by atoms with Crippen molar-refractivity contribution in [3.05, 3.63) is 64.3 Å². The lowest BCUT2D eigenvalue weighted by Gasteiger charge is -2.05. The molecule has 0 saturated carbocycles. The highest BCUT2D eigenvalue weighted by Gasteiger charge is 2.10. The van der Waals surface area contributed by atoms with E-state index in [4.69, 9.17) is 4.74 Å². The first-order chi connectivity index (χ1) is 9.69. The molecule has 0 radical (unpaired) electrons. The average Bonchev–Trinajstić information content (AvgIpc) is 2.75. The van der Waals surface area contributed by atoms with Gasteiger partial charge in [-0.2, -0.15) is 0 Å². The summed E-state index contributed by atoms with van der Waals surface area (Å²) in [5.41, 5.74) is 1.87. The number of nitrogens with zero attached hydrogens (tertiary/aromatic N) is 1. The summed E-state index contributed by atoms with van der Waals surface area (Å²) in [5.74, 6) is 0.297. The van der Waals surface area contributed by atoms with Gasteiger partial charge in [-0.25, -0.2) is 9.18 Å². The second kappa shape index (κ2) is 4.85. The number of hydrogen-bond acceptors (Lipinski definition) is 2. The van der Waals surface area contributed by atoms with Crippen molar-refractivity contribution in [2.75, 3.05) is 7.11 Å². The highest BCUT2D eigenvalue weighted by Crippen LogP contribution is 2.22. The quantitative estimate of drug-likeness (QED) is 0.796. The van der Waals surface area contributed by atoms with Gasteiger partial charge in [0.05, 0.1) is 19.2 Å². The number of benzene rings is 2. The summed E-state index contributed by atoms with van der Waals surface area (Å²) in [7, 11) is 1.55. The smallest absolute Gasteiger partial charge is 0.326 e. The van der Waals surface area contributed by atoms with Crippen molar-refractivity contribution in [3.8, 4) is 5.75 Å². The molecule has 5 heteroatoms. The number of imidazole rings is 1. The van der Waals surface area contributed by atoms with E-state index in [0.29, 0.717) is 17.8 Å². The van der Waals surface area contributed by atoms with Crippen molar-refractivity contribution in [2.24, 2.45) is 0 Å². The molecule has 0 bridgehead atoms. The van der Waals surface area contributed by atoms with E-state index in [1.807, 2.05) is 12.1 Å². The number of methoxy groups -OCH3 is 1. The van der Waals surface area contributed by atoms with Crippen molar-refractivity contribution in [1.82, 2.24) is 9.55 Å². The fourth-order valence-electron chi connectivity index (χ4n) is 2.30. The topological polar surface area (TPSA) is 47.0 Å². The van der Waals surface area contributed by atoms with Crippen molar-refractivity contribution >= 4 is 11.0 Å². The number of fused-ring (bicyclic) bond motifs is 1. The van der Waals surface area contributed by atoms with Crippen LogP contribution in [0.2, 0.25) is 0 Å². The number of aromatic amines is 1. The Bertz CT molecular complexity index is 820. The summed E-state index contributed by atoms with van der Waals surface area (Å²) in [6.45, 7) is 0.309. The molecular formula is C15H13FN2O2. The van der Waals surface area contributed by atoms with Gasteiger partial charge in [0.1, 0.15) is 17.1 Å². The molecule has 3 aromatic rings. The van der Waals surface area contributed by atoms with E-state index in [1.165, 1.54) is 12.1 Å². The van der Waals surface area contributed by atoms with Crippen LogP contribution in [0.1, 0.15) is 5.56 Å². The van der Waals surface area contributed by atoms with Crippen LogP contribution < -0.4 is 10.4 Å². The minimum Gasteiger partial charge on any atom is -0.494 e. The molecule has 20 heavy (non-hydrogen) atoms. The first-order valence-corrected chi connectivity index (χ1v) is 6.19. The molecule has 0 saturated heterocycles. The Balaban J connectivity index is 2.12. The third kappa shape index (κ3) is 2.07. The molecule has 0 aliphatic carbocycles. The Labute approximate surface area is 114 Å². The van der Waals surface area contributed by atoms with Gasteiger partial charge in [-0.3, -0.25) is 4.57 Å². The maximum atomic E-state index is 13.2. The molecule has 0 aliphatic rings. The zero-order chi connectivity index (χ0) is 14.1. The van der Waals surface area contributed by atoms with E-state index in [9.17, 15) is 9.18 Å². The van der Waals surface area contributed by atoms with Crippen molar-refractivity contribution in [1.29, 1.82) is 0 Å². The van der Waals surface area contributed by atoms with Gasteiger partial charge in [0.15, 0.2) is 0 Å². The van der Waals surface area contributed by atoms with Crippen LogP contribution in [0.4, 0.5) is 4.39 Å². The number of ether oxygens (including phenoxy) is 1. The predicted molar refractivity (Wildman–Crippen MR) is 74.6 cm³/mol. The molecule has 2 aromatic carbocycles. The lowest BCUT2D eigenvalue weighted by molar-refractivity contribution is 0.419. The molecule has 1 aromatic heterocycles. The molecule has 4 nitrogen and oxygen atoms in total. The Kier molecular flexibility index (Phi) is 3.02. The Morgan fingerprint density at radius 3 is 2.80 bits per heavy atom. The molecule has 1 heterocycles. The average molecular weight is 272 g/mol. The molecule has 1 N–H and O–H groups in total.